The lowest BCUT2D eigenvalue weighted by Gasteiger charge is -2.48. The number of carbonyl (C=O) groups is 2. The van der Waals surface area contributed by atoms with Crippen LogP contribution in [0.1, 0.15) is 87.1 Å². The summed E-state index contributed by atoms with van der Waals surface area (Å²) >= 11 is 0. The second kappa shape index (κ2) is 19.5. The highest BCUT2D eigenvalue weighted by atomic mass is 16.7. The number of hydrogen-bond donors (Lipinski definition) is 2. The summed E-state index contributed by atoms with van der Waals surface area (Å²) in [5.41, 5.74) is -1.48. The molecule has 3 fully saturated rings. The molecule has 0 amide bonds. The van der Waals surface area contributed by atoms with Gasteiger partial charge < -0.3 is 43.5 Å². The highest BCUT2D eigenvalue weighted by Gasteiger charge is 2.52. The van der Waals surface area contributed by atoms with Crippen LogP contribution in [-0.4, -0.2) is 136 Å². The third-order valence-electron chi connectivity index (χ3n) is 12.6. The largest absolute Gasteiger partial charge is 0.497 e. The van der Waals surface area contributed by atoms with Gasteiger partial charge in [0.15, 0.2) is 12.4 Å². The Bertz CT molecular complexity index is 1770. The van der Waals surface area contributed by atoms with Gasteiger partial charge >= 0.3 is 11.9 Å². The molecule has 4 heterocycles. The second-order valence-corrected chi connectivity index (χ2v) is 18.0. The van der Waals surface area contributed by atoms with Crippen LogP contribution in [-0.2, 0) is 38.0 Å². The summed E-state index contributed by atoms with van der Waals surface area (Å²) in [6, 6.07) is 9.35. The fraction of sp³-hybridized carbons (Fsp3) is 0.674. The lowest BCUT2D eigenvalue weighted by molar-refractivity contribution is -0.301. The van der Waals surface area contributed by atoms with Gasteiger partial charge in [0.1, 0.15) is 17.8 Å². The zero-order chi connectivity index (χ0) is 43.4. The van der Waals surface area contributed by atoms with Crippen LogP contribution < -0.4 is 0 Å². The zero-order valence-electron chi connectivity index (χ0n) is 36.9. The Hall–Kier alpha value is -3.43. The molecule has 59 heavy (non-hydrogen) atoms. The first-order valence-electron chi connectivity index (χ1n) is 21.3. The van der Waals surface area contributed by atoms with E-state index in [0.29, 0.717) is 25.9 Å². The van der Waals surface area contributed by atoms with Gasteiger partial charge in [-0.1, -0.05) is 45.0 Å². The first kappa shape index (κ1) is 46.6. The molecule has 5 rings (SSSR count). The Balaban J connectivity index is 1.62. The van der Waals surface area contributed by atoms with Gasteiger partial charge in [0.25, 0.3) is 0 Å². The first-order valence-corrected chi connectivity index (χ1v) is 21.3. The average molecular weight is 824 g/mol. The smallest absolute Gasteiger partial charge is 0.312 e. The molecule has 3 aliphatic rings. The molecule has 2 unspecified atom stereocenters. The number of aliphatic hydroxyl groups is 2. The number of nitrogens with zero attached hydrogens (tertiary/aromatic N) is 3. The summed E-state index contributed by atoms with van der Waals surface area (Å²) in [4.78, 5) is 35.8. The van der Waals surface area contributed by atoms with E-state index in [2.05, 4.69) is 23.4 Å². The van der Waals surface area contributed by atoms with Crippen LogP contribution in [0.2, 0.25) is 0 Å². The second-order valence-electron chi connectivity index (χ2n) is 18.0. The van der Waals surface area contributed by atoms with Crippen molar-refractivity contribution in [3.63, 3.8) is 0 Å². The van der Waals surface area contributed by atoms with E-state index in [9.17, 15) is 19.8 Å². The number of pyridine rings is 1. The maximum atomic E-state index is 14.5. The van der Waals surface area contributed by atoms with E-state index in [4.69, 9.17) is 28.4 Å². The lowest BCUT2D eigenvalue weighted by Crippen LogP contribution is -2.60. The van der Waals surface area contributed by atoms with Gasteiger partial charge in [-0.05, 0) is 97.7 Å². The Labute approximate surface area is 351 Å². The molecule has 0 radical (unpaired) electrons. The monoisotopic (exact) mass is 823 g/mol. The molecule has 3 saturated heterocycles. The van der Waals surface area contributed by atoms with Gasteiger partial charge in [-0.25, -0.2) is 0 Å². The highest BCUT2D eigenvalue weighted by Crippen LogP contribution is 2.39. The molecule has 3 aliphatic heterocycles. The highest BCUT2D eigenvalue weighted by molar-refractivity contribution is 5.80. The fourth-order valence-corrected chi connectivity index (χ4v) is 9.56. The van der Waals surface area contributed by atoms with Crippen molar-refractivity contribution in [2.24, 2.45) is 17.8 Å². The van der Waals surface area contributed by atoms with Gasteiger partial charge in [-0.2, -0.15) is 0 Å². The van der Waals surface area contributed by atoms with Crippen molar-refractivity contribution in [1.82, 2.24) is 14.8 Å². The van der Waals surface area contributed by atoms with E-state index < -0.39 is 77.9 Å². The number of hydrogen-bond acceptors (Lipinski definition) is 13. The van der Waals surface area contributed by atoms with Crippen molar-refractivity contribution < 1.29 is 48.2 Å². The zero-order valence-corrected chi connectivity index (χ0v) is 36.9. The number of aromatic nitrogens is 1. The Morgan fingerprint density at radius 1 is 1.08 bits per heavy atom. The summed E-state index contributed by atoms with van der Waals surface area (Å²) in [5.74, 6) is -2.89. The van der Waals surface area contributed by atoms with Crippen LogP contribution >= 0.6 is 0 Å². The molecule has 0 saturated carbocycles. The molecular weight excluding hydrogens is 755 g/mol. The Morgan fingerprint density at radius 3 is 2.46 bits per heavy atom. The molecule has 13 heteroatoms. The summed E-state index contributed by atoms with van der Waals surface area (Å²) in [5, 5.41) is 26.1. The van der Waals surface area contributed by atoms with Crippen LogP contribution in [0.25, 0.3) is 17.0 Å². The Kier molecular flexibility index (Phi) is 15.4. The van der Waals surface area contributed by atoms with E-state index >= 15 is 0 Å². The van der Waals surface area contributed by atoms with Crippen molar-refractivity contribution >= 4 is 28.9 Å². The number of carbonyl (C=O) groups excluding carboxylic acids is 2. The van der Waals surface area contributed by atoms with Crippen LogP contribution in [0.3, 0.4) is 0 Å². The Morgan fingerprint density at radius 2 is 1.80 bits per heavy atom. The van der Waals surface area contributed by atoms with Crippen LogP contribution in [0.5, 0.6) is 0 Å². The molecule has 0 aliphatic carbocycles. The summed E-state index contributed by atoms with van der Waals surface area (Å²) in [6.45, 7) is 21.3. The lowest BCUT2D eigenvalue weighted by atomic mass is 9.78. The number of para-hydroxylation sites is 1. The van der Waals surface area contributed by atoms with E-state index in [-0.39, 0.29) is 30.5 Å². The fourth-order valence-electron chi connectivity index (χ4n) is 9.56. The van der Waals surface area contributed by atoms with Crippen LogP contribution in [0, 0.1) is 17.8 Å². The molecule has 0 spiro atoms. The molecule has 13 nitrogen and oxygen atoms in total. The van der Waals surface area contributed by atoms with Crippen LogP contribution in [0.15, 0.2) is 55.4 Å². The maximum Gasteiger partial charge on any atom is 0.312 e. The van der Waals surface area contributed by atoms with Crippen molar-refractivity contribution in [3.8, 4) is 0 Å². The van der Waals surface area contributed by atoms with Crippen molar-refractivity contribution in [3.05, 3.63) is 61.0 Å². The minimum Gasteiger partial charge on any atom is -0.497 e. The van der Waals surface area contributed by atoms with Crippen molar-refractivity contribution in [1.29, 1.82) is 0 Å². The molecule has 1 aromatic carbocycles. The number of likely N-dealkylation sites (N-methyl/N-ethyl adjacent to an activating group) is 1. The molecule has 2 N–H and O–H groups in total. The van der Waals surface area contributed by atoms with Gasteiger partial charge in [-0.3, -0.25) is 19.5 Å². The van der Waals surface area contributed by atoms with E-state index in [1.165, 1.54) is 13.2 Å². The van der Waals surface area contributed by atoms with Crippen molar-refractivity contribution in [2.45, 2.75) is 154 Å². The van der Waals surface area contributed by atoms with Crippen molar-refractivity contribution in [2.75, 3.05) is 27.2 Å². The molecule has 16 atom stereocenters. The number of cyclic esters (lactones) is 1. The molecule has 1 aromatic heterocycles. The third kappa shape index (κ3) is 10.9. The summed E-state index contributed by atoms with van der Waals surface area (Å²) < 4.78 is 38.8. The summed E-state index contributed by atoms with van der Waals surface area (Å²) in [6.07, 6.45) is 1.78. The normalized spacial score (nSPS) is 40.2. The van der Waals surface area contributed by atoms with Gasteiger partial charge in [0.2, 0.25) is 0 Å². The molecule has 2 aromatic rings. The summed E-state index contributed by atoms with van der Waals surface area (Å²) in [7, 11) is 3.84. The quantitative estimate of drug-likeness (QED) is 0.180. The third-order valence-corrected chi connectivity index (χ3v) is 12.6. The average Bonchev–Trinajstić information content (AvgIpc) is 3.35. The van der Waals surface area contributed by atoms with E-state index in [1.807, 2.05) is 77.0 Å². The topological polar surface area (TPSA) is 149 Å². The minimum absolute atomic E-state index is 0.195. The van der Waals surface area contributed by atoms with Gasteiger partial charge in [-0.15, -0.1) is 6.58 Å². The number of rotatable bonds is 9. The standard InChI is InChI=1S/C46H69N3O10/c1-13-35-26-49-25-27(3)41(57-35)46(10,53)38(14-2)58-43(51)31(7)39(54-20-19-33-22-34-17-15-16-18-36(34)47-24-33)30(6)42(45(9,52)23-28(49)4)59-44-40(56-32(8)50)37(48(11)12)21-29(5)55-44/h13,15-20,22,24,27-31,35,37-42,44,52-53H,1,14,21,23,25-26H2,2-12H3/b20-19+/t27-,28+,29+,30-,31+,35?,37-,38+,39-,40+,41+,42+,44-,45+,46+/m0/s1. The van der Waals surface area contributed by atoms with E-state index in [0.717, 1.165) is 16.5 Å². The predicted octanol–water partition coefficient (Wildman–Crippen LogP) is 5.75. The molecule has 328 valence electrons. The van der Waals surface area contributed by atoms with Gasteiger partial charge in [0.05, 0.1) is 53.8 Å². The predicted molar refractivity (Wildman–Crippen MR) is 226 cm³/mol. The number of ether oxygens (including phenoxy) is 6. The first-order chi connectivity index (χ1) is 27.8. The minimum atomic E-state index is -1.56. The SMILES string of the molecule is C=CC1CN2C[C@H](C)[C@@H](O1)[C@](C)(O)[C@@H](CC)OC(=O)[C@H](C)[C@@H](O/C=C/c1cnc3ccccc3c1)[C@H](C)[C@@H](O[C@@H]1O[C@H](C)C[C@H](N(C)C)[C@H]1OC(C)=O)[C@](C)(O)C[C@H]2C. The maximum absolute atomic E-state index is 14.5. The molecular formula is C46H69N3O10. The molecule has 2 bridgehead atoms. The number of benzene rings is 1. The van der Waals surface area contributed by atoms with Crippen LogP contribution in [0.4, 0.5) is 0 Å². The number of esters is 2. The van der Waals surface area contributed by atoms with Gasteiger partial charge in [0, 0.05) is 43.6 Å². The van der Waals surface area contributed by atoms with E-state index in [1.54, 1.807) is 39.1 Å². The number of fused-ring (bicyclic) bond motifs is 4.